The molecule has 0 saturated carbocycles. The fourth-order valence-corrected chi connectivity index (χ4v) is 2.17. The molecule has 1 heterocycles. The van der Waals surface area contributed by atoms with E-state index < -0.39 is 12.1 Å². The van der Waals surface area contributed by atoms with Crippen molar-refractivity contribution in [2.75, 3.05) is 31.2 Å². The van der Waals surface area contributed by atoms with Gasteiger partial charge in [-0.15, -0.1) is 0 Å². The highest BCUT2D eigenvalue weighted by Crippen LogP contribution is 2.31. The van der Waals surface area contributed by atoms with Crippen molar-refractivity contribution in [1.82, 2.24) is 0 Å². The topological polar surface area (TPSA) is 52.9 Å². The van der Waals surface area contributed by atoms with Gasteiger partial charge in [-0.3, -0.25) is 0 Å². The Morgan fingerprint density at radius 2 is 1.94 bits per heavy atom. The molecule has 2 N–H and O–H groups in total. The maximum absolute atomic E-state index is 13.4. The lowest BCUT2D eigenvalue weighted by Gasteiger charge is -2.31. The number of aliphatic hydroxyl groups is 2. The number of rotatable bonds is 2. The minimum Gasteiger partial charge on any atom is -0.378 e. The molecule has 0 amide bonds. The molecule has 17 heavy (non-hydrogen) atoms. The van der Waals surface area contributed by atoms with Crippen LogP contribution in [0.1, 0.15) is 11.9 Å². The minimum atomic E-state index is -1.68. The zero-order valence-electron chi connectivity index (χ0n) is 9.07. The minimum absolute atomic E-state index is 0.174. The lowest BCUT2D eigenvalue weighted by atomic mass is 10.1. The third-order valence-electron chi connectivity index (χ3n) is 2.70. The summed E-state index contributed by atoms with van der Waals surface area (Å²) in [6, 6.07) is 2.70. The third kappa shape index (κ3) is 2.77. The predicted octanol–water partition coefficient (Wildman–Crippen LogP) is 1.41. The molecule has 0 spiro atoms. The monoisotopic (exact) mass is 305 g/mol. The molecule has 0 bridgehead atoms. The number of hydrogen-bond donors (Lipinski definition) is 2. The van der Waals surface area contributed by atoms with Gasteiger partial charge in [-0.1, -0.05) is 0 Å². The Morgan fingerprint density at radius 3 is 2.53 bits per heavy atom. The van der Waals surface area contributed by atoms with Crippen LogP contribution in [-0.4, -0.2) is 36.5 Å². The number of aliphatic hydroxyl groups excluding tert-OH is 1. The van der Waals surface area contributed by atoms with Gasteiger partial charge < -0.3 is 19.8 Å². The first-order chi connectivity index (χ1) is 8.09. The average molecular weight is 306 g/mol. The maximum Gasteiger partial charge on any atom is 0.180 e. The first kappa shape index (κ1) is 12.8. The Kier molecular flexibility index (Phi) is 3.98. The van der Waals surface area contributed by atoms with E-state index in [9.17, 15) is 14.6 Å². The Hall–Kier alpha value is -0.690. The second-order valence-corrected chi connectivity index (χ2v) is 4.65. The Labute approximate surface area is 107 Å². The molecular formula is C11H13BrFNO3. The van der Waals surface area contributed by atoms with Crippen LogP contribution >= 0.6 is 15.9 Å². The van der Waals surface area contributed by atoms with Crippen LogP contribution in [0.15, 0.2) is 16.6 Å². The fraction of sp³-hybridized carbons (Fsp3) is 0.455. The van der Waals surface area contributed by atoms with Crippen molar-refractivity contribution < 1.29 is 19.3 Å². The average Bonchev–Trinajstić information content (AvgIpc) is 2.33. The molecule has 1 aromatic carbocycles. The smallest absolute Gasteiger partial charge is 0.180 e. The molecule has 4 nitrogen and oxygen atoms in total. The fourth-order valence-electron chi connectivity index (χ4n) is 1.84. The van der Waals surface area contributed by atoms with Crippen LogP contribution in [0.25, 0.3) is 0 Å². The second-order valence-electron chi connectivity index (χ2n) is 3.80. The summed E-state index contributed by atoms with van der Waals surface area (Å²) in [4.78, 5) is 1.95. The molecule has 0 unspecified atom stereocenters. The standard InChI is InChI=1S/C11H13BrFNO3/c12-8-6-10(14-1-3-17-4-2-14)7(11(15)16)5-9(8)13/h5-6,11,15-16H,1-4H2. The van der Waals surface area contributed by atoms with E-state index in [2.05, 4.69) is 15.9 Å². The lowest BCUT2D eigenvalue weighted by Crippen LogP contribution is -2.37. The number of halogens is 2. The van der Waals surface area contributed by atoms with Crippen molar-refractivity contribution in [2.24, 2.45) is 0 Å². The normalized spacial score (nSPS) is 16.6. The molecule has 1 aliphatic rings. The quantitative estimate of drug-likeness (QED) is 0.811. The highest BCUT2D eigenvalue weighted by Gasteiger charge is 2.20. The summed E-state index contributed by atoms with van der Waals surface area (Å²) in [7, 11) is 0. The summed E-state index contributed by atoms with van der Waals surface area (Å²) in [5.74, 6) is -0.509. The first-order valence-electron chi connectivity index (χ1n) is 5.27. The highest BCUT2D eigenvalue weighted by molar-refractivity contribution is 9.10. The van der Waals surface area contributed by atoms with Crippen LogP contribution < -0.4 is 4.90 Å². The van der Waals surface area contributed by atoms with Crippen molar-refractivity contribution in [3.8, 4) is 0 Å². The van der Waals surface area contributed by atoms with Crippen LogP contribution in [0.4, 0.5) is 10.1 Å². The summed E-state index contributed by atoms with van der Waals surface area (Å²) in [5, 5.41) is 18.5. The van der Waals surface area contributed by atoms with Crippen LogP contribution in [0.2, 0.25) is 0 Å². The number of anilines is 1. The van der Waals surface area contributed by atoms with Gasteiger partial charge in [0.2, 0.25) is 0 Å². The summed E-state index contributed by atoms with van der Waals surface area (Å²) < 4.78 is 18.9. The van der Waals surface area contributed by atoms with Crippen molar-refractivity contribution in [2.45, 2.75) is 6.29 Å². The molecular weight excluding hydrogens is 293 g/mol. The Bertz CT molecular complexity index is 408. The highest BCUT2D eigenvalue weighted by atomic mass is 79.9. The van der Waals surface area contributed by atoms with Gasteiger partial charge in [-0.25, -0.2) is 4.39 Å². The zero-order valence-corrected chi connectivity index (χ0v) is 10.7. The molecule has 6 heteroatoms. The molecule has 0 aliphatic carbocycles. The summed E-state index contributed by atoms with van der Waals surface area (Å²) in [6.07, 6.45) is -1.68. The second kappa shape index (κ2) is 5.30. The van der Waals surface area contributed by atoms with E-state index in [1.165, 1.54) is 0 Å². The number of nitrogens with zero attached hydrogens (tertiary/aromatic N) is 1. The molecule has 1 saturated heterocycles. The number of morpholine rings is 1. The molecule has 0 atom stereocenters. The van der Waals surface area contributed by atoms with Gasteiger partial charge in [0.1, 0.15) is 5.82 Å². The van der Waals surface area contributed by atoms with E-state index in [4.69, 9.17) is 4.74 Å². The molecule has 1 aliphatic heterocycles. The van der Waals surface area contributed by atoms with Gasteiger partial charge in [0.05, 0.1) is 17.7 Å². The molecule has 94 valence electrons. The number of ether oxygens (including phenoxy) is 1. The Balaban J connectivity index is 2.39. The van der Waals surface area contributed by atoms with Crippen molar-refractivity contribution in [3.05, 3.63) is 28.0 Å². The first-order valence-corrected chi connectivity index (χ1v) is 6.06. The summed E-state index contributed by atoms with van der Waals surface area (Å²) >= 11 is 3.10. The van der Waals surface area contributed by atoms with Crippen LogP contribution in [-0.2, 0) is 4.74 Å². The number of benzene rings is 1. The van der Waals surface area contributed by atoms with Gasteiger partial charge in [-0.2, -0.15) is 0 Å². The molecule has 1 aromatic rings. The molecule has 0 radical (unpaired) electrons. The van der Waals surface area contributed by atoms with Gasteiger partial charge in [0.25, 0.3) is 0 Å². The molecule has 2 rings (SSSR count). The van der Waals surface area contributed by atoms with Crippen molar-refractivity contribution in [1.29, 1.82) is 0 Å². The molecule has 1 fully saturated rings. The molecule has 0 aromatic heterocycles. The van der Waals surface area contributed by atoms with E-state index in [-0.39, 0.29) is 5.56 Å². The Morgan fingerprint density at radius 1 is 1.29 bits per heavy atom. The van der Waals surface area contributed by atoms with Crippen LogP contribution in [0.5, 0.6) is 0 Å². The zero-order chi connectivity index (χ0) is 12.4. The SMILES string of the molecule is OC(O)c1cc(F)c(Br)cc1N1CCOCC1. The van der Waals surface area contributed by atoms with E-state index in [1.807, 2.05) is 4.90 Å². The lowest BCUT2D eigenvalue weighted by molar-refractivity contribution is -0.0424. The van der Waals surface area contributed by atoms with Crippen LogP contribution in [0, 0.1) is 5.82 Å². The number of hydrogen-bond acceptors (Lipinski definition) is 4. The van der Waals surface area contributed by atoms with Crippen molar-refractivity contribution >= 4 is 21.6 Å². The third-order valence-corrected chi connectivity index (χ3v) is 3.31. The summed E-state index contributed by atoms with van der Waals surface area (Å²) in [6.45, 7) is 2.46. The van der Waals surface area contributed by atoms with Gasteiger partial charge in [0, 0.05) is 24.3 Å². The predicted molar refractivity (Wildman–Crippen MR) is 64.3 cm³/mol. The maximum atomic E-state index is 13.4. The van der Waals surface area contributed by atoms with E-state index in [0.29, 0.717) is 36.5 Å². The van der Waals surface area contributed by atoms with Gasteiger partial charge >= 0.3 is 0 Å². The summed E-state index contributed by atoms with van der Waals surface area (Å²) in [5.41, 5.74) is 0.796. The van der Waals surface area contributed by atoms with Gasteiger partial charge in [-0.05, 0) is 28.1 Å². The van der Waals surface area contributed by atoms with E-state index >= 15 is 0 Å². The van der Waals surface area contributed by atoms with Crippen LogP contribution in [0.3, 0.4) is 0 Å². The van der Waals surface area contributed by atoms with E-state index in [0.717, 1.165) is 6.07 Å². The van der Waals surface area contributed by atoms with Gasteiger partial charge in [0.15, 0.2) is 6.29 Å². The van der Waals surface area contributed by atoms with E-state index in [1.54, 1.807) is 6.07 Å². The van der Waals surface area contributed by atoms with Crippen molar-refractivity contribution in [3.63, 3.8) is 0 Å². The largest absolute Gasteiger partial charge is 0.378 e.